The Morgan fingerprint density at radius 2 is 2.19 bits per heavy atom. The minimum absolute atomic E-state index is 0.589. The van der Waals surface area contributed by atoms with Crippen LogP contribution in [0.15, 0.2) is 35.5 Å². The van der Waals surface area contributed by atoms with E-state index in [-0.39, 0.29) is 0 Å². The second-order valence-corrected chi connectivity index (χ2v) is 4.27. The van der Waals surface area contributed by atoms with Crippen molar-refractivity contribution in [3.8, 4) is 6.07 Å². The molecule has 2 aliphatic rings. The molecule has 2 rings (SSSR count). The van der Waals surface area contributed by atoms with Gasteiger partial charge in [0, 0.05) is 12.0 Å². The zero-order valence-corrected chi connectivity index (χ0v) is 8.94. The number of carbonyl (C=O) groups is 1. The normalized spacial score (nSPS) is 22.2. The highest BCUT2D eigenvalue weighted by atomic mass is 16.4. The summed E-state index contributed by atoms with van der Waals surface area (Å²) in [6.07, 6.45) is 10.2. The molecule has 1 N–H and O–H groups in total. The van der Waals surface area contributed by atoms with Crippen LogP contribution in [0, 0.1) is 16.7 Å². The fourth-order valence-electron chi connectivity index (χ4n) is 2.19. The molecule has 0 heterocycles. The van der Waals surface area contributed by atoms with E-state index in [4.69, 9.17) is 5.26 Å². The van der Waals surface area contributed by atoms with Gasteiger partial charge in [-0.2, -0.15) is 5.26 Å². The molecule has 0 unspecified atom stereocenters. The van der Waals surface area contributed by atoms with Gasteiger partial charge >= 0.3 is 5.97 Å². The van der Waals surface area contributed by atoms with E-state index < -0.39 is 11.4 Å². The van der Waals surface area contributed by atoms with Gasteiger partial charge in [-0.05, 0) is 24.5 Å². The molecule has 0 saturated heterocycles. The molecule has 0 amide bonds. The average molecular weight is 215 g/mol. The van der Waals surface area contributed by atoms with Gasteiger partial charge in [0.2, 0.25) is 0 Å². The number of rotatable bonds is 2. The van der Waals surface area contributed by atoms with Crippen LogP contribution in [0.5, 0.6) is 0 Å². The quantitative estimate of drug-likeness (QED) is 0.770. The number of allylic oxidation sites excluding steroid dienone is 5. The molecule has 0 aliphatic heterocycles. The Labute approximate surface area is 94.4 Å². The first-order valence-corrected chi connectivity index (χ1v) is 5.40. The first-order valence-electron chi connectivity index (χ1n) is 5.40. The Morgan fingerprint density at radius 1 is 1.44 bits per heavy atom. The van der Waals surface area contributed by atoms with Gasteiger partial charge in [0.25, 0.3) is 0 Å². The van der Waals surface area contributed by atoms with Gasteiger partial charge in [-0.25, -0.2) is 0 Å². The lowest BCUT2D eigenvalue weighted by atomic mass is 9.64. The van der Waals surface area contributed by atoms with E-state index in [1.165, 1.54) is 0 Å². The van der Waals surface area contributed by atoms with E-state index in [1.54, 1.807) is 12.2 Å². The summed E-state index contributed by atoms with van der Waals surface area (Å²) in [6.45, 7) is 0. The molecule has 0 bridgehead atoms. The largest absolute Gasteiger partial charge is 0.481 e. The van der Waals surface area contributed by atoms with Gasteiger partial charge in [0.1, 0.15) is 0 Å². The molecule has 0 aromatic carbocycles. The first-order chi connectivity index (χ1) is 7.69. The predicted octanol–water partition coefficient (Wildman–Crippen LogP) is 2.58. The Balaban J connectivity index is 2.34. The van der Waals surface area contributed by atoms with Gasteiger partial charge in [-0.3, -0.25) is 4.79 Å². The SMILES string of the molecule is N#CC1=CC=C(C2(C(=O)O)CCC2)C=CC1. The molecule has 0 aromatic rings. The number of hydrogen-bond donors (Lipinski definition) is 1. The second kappa shape index (κ2) is 3.97. The summed E-state index contributed by atoms with van der Waals surface area (Å²) in [5.74, 6) is -0.747. The second-order valence-electron chi connectivity index (χ2n) is 4.27. The zero-order valence-electron chi connectivity index (χ0n) is 8.94. The molecular formula is C13H13NO2. The fraction of sp³-hybridized carbons (Fsp3) is 0.385. The summed E-state index contributed by atoms with van der Waals surface area (Å²) in [6, 6.07) is 2.10. The lowest BCUT2D eigenvalue weighted by molar-refractivity contribution is -0.150. The molecule has 1 fully saturated rings. The standard InChI is InChI=1S/C13H13NO2/c14-9-10-3-1-4-11(6-5-10)13(12(15)16)7-2-8-13/h1,4-6H,2-3,7-8H2,(H,15,16). The summed E-state index contributed by atoms with van der Waals surface area (Å²) < 4.78 is 0. The predicted molar refractivity (Wildman–Crippen MR) is 59.5 cm³/mol. The van der Waals surface area contributed by atoms with E-state index in [0.29, 0.717) is 24.8 Å². The van der Waals surface area contributed by atoms with Crippen LogP contribution in [0.25, 0.3) is 0 Å². The van der Waals surface area contributed by atoms with Gasteiger partial charge in [-0.1, -0.05) is 24.6 Å². The van der Waals surface area contributed by atoms with E-state index >= 15 is 0 Å². The first kappa shape index (κ1) is 10.7. The van der Waals surface area contributed by atoms with Crippen molar-refractivity contribution >= 4 is 5.97 Å². The monoisotopic (exact) mass is 215 g/mol. The highest BCUT2D eigenvalue weighted by Crippen LogP contribution is 2.48. The topological polar surface area (TPSA) is 61.1 Å². The third-order valence-electron chi connectivity index (χ3n) is 3.41. The van der Waals surface area contributed by atoms with Crippen LogP contribution in [0.3, 0.4) is 0 Å². The third kappa shape index (κ3) is 1.57. The fourth-order valence-corrected chi connectivity index (χ4v) is 2.19. The van der Waals surface area contributed by atoms with Crippen LogP contribution in [0.2, 0.25) is 0 Å². The van der Waals surface area contributed by atoms with Crippen molar-refractivity contribution in [1.82, 2.24) is 0 Å². The molecule has 2 aliphatic carbocycles. The number of hydrogen-bond acceptors (Lipinski definition) is 2. The summed E-state index contributed by atoms with van der Waals surface area (Å²) in [7, 11) is 0. The lowest BCUT2D eigenvalue weighted by Crippen LogP contribution is -2.39. The number of carboxylic acid groups (broad SMARTS) is 1. The van der Waals surface area contributed by atoms with Crippen molar-refractivity contribution in [3.05, 3.63) is 35.5 Å². The summed E-state index contributed by atoms with van der Waals surface area (Å²) in [5, 5.41) is 18.1. The van der Waals surface area contributed by atoms with Crippen molar-refractivity contribution in [2.24, 2.45) is 5.41 Å². The molecule has 0 atom stereocenters. The van der Waals surface area contributed by atoms with Gasteiger partial charge in [-0.15, -0.1) is 0 Å². The van der Waals surface area contributed by atoms with Crippen molar-refractivity contribution in [2.45, 2.75) is 25.7 Å². The van der Waals surface area contributed by atoms with Gasteiger partial charge in [0.05, 0.1) is 11.5 Å². The van der Waals surface area contributed by atoms with Crippen molar-refractivity contribution in [3.63, 3.8) is 0 Å². The minimum Gasteiger partial charge on any atom is -0.481 e. The molecule has 0 spiro atoms. The van der Waals surface area contributed by atoms with Crippen molar-refractivity contribution in [1.29, 1.82) is 5.26 Å². The molecule has 0 radical (unpaired) electrons. The van der Waals surface area contributed by atoms with Crippen molar-refractivity contribution < 1.29 is 9.90 Å². The number of nitrogens with zero attached hydrogens (tertiary/aromatic N) is 1. The maximum atomic E-state index is 11.3. The summed E-state index contributed by atoms with van der Waals surface area (Å²) in [5.41, 5.74) is 0.806. The molecule has 3 nitrogen and oxygen atoms in total. The van der Waals surface area contributed by atoms with Gasteiger partial charge in [0.15, 0.2) is 0 Å². The summed E-state index contributed by atoms with van der Waals surface area (Å²) >= 11 is 0. The summed E-state index contributed by atoms with van der Waals surface area (Å²) in [4.78, 5) is 11.3. The van der Waals surface area contributed by atoms with Crippen LogP contribution < -0.4 is 0 Å². The third-order valence-corrected chi connectivity index (χ3v) is 3.41. The van der Waals surface area contributed by atoms with Crippen LogP contribution in [0.1, 0.15) is 25.7 Å². The maximum absolute atomic E-state index is 11.3. The Hall–Kier alpha value is -1.82. The maximum Gasteiger partial charge on any atom is 0.314 e. The molecule has 82 valence electrons. The van der Waals surface area contributed by atoms with E-state index in [0.717, 1.165) is 12.0 Å². The Kier molecular flexibility index (Phi) is 2.66. The van der Waals surface area contributed by atoms with Crippen LogP contribution in [-0.2, 0) is 4.79 Å². The number of nitriles is 1. The van der Waals surface area contributed by atoms with Crippen LogP contribution in [0.4, 0.5) is 0 Å². The number of carboxylic acids is 1. The molecule has 3 heteroatoms. The van der Waals surface area contributed by atoms with E-state index in [2.05, 4.69) is 6.07 Å². The molecule has 1 saturated carbocycles. The minimum atomic E-state index is -0.747. The lowest BCUT2D eigenvalue weighted by Gasteiger charge is -2.38. The Bertz CT molecular complexity index is 445. The Morgan fingerprint density at radius 3 is 2.69 bits per heavy atom. The average Bonchev–Trinajstić information content (AvgIpc) is 2.41. The molecule has 16 heavy (non-hydrogen) atoms. The van der Waals surface area contributed by atoms with E-state index in [9.17, 15) is 9.90 Å². The zero-order chi connectivity index (χ0) is 11.6. The number of aliphatic carboxylic acids is 1. The highest BCUT2D eigenvalue weighted by Gasteiger charge is 2.46. The van der Waals surface area contributed by atoms with Crippen LogP contribution in [-0.4, -0.2) is 11.1 Å². The van der Waals surface area contributed by atoms with Crippen LogP contribution >= 0.6 is 0 Å². The molecular weight excluding hydrogens is 202 g/mol. The van der Waals surface area contributed by atoms with Gasteiger partial charge < -0.3 is 5.11 Å². The smallest absolute Gasteiger partial charge is 0.314 e. The highest BCUT2D eigenvalue weighted by molar-refractivity contribution is 5.81. The van der Waals surface area contributed by atoms with Crippen molar-refractivity contribution in [2.75, 3.05) is 0 Å². The van der Waals surface area contributed by atoms with E-state index in [1.807, 2.05) is 12.2 Å². The molecule has 0 aromatic heterocycles.